The Kier molecular flexibility index (Phi) is 5.21. The number of hydrogen-bond donors (Lipinski definition) is 2. The number of allylic oxidation sites excluding steroid dienone is 1. The molecule has 0 spiro atoms. The number of urea groups is 1. The van der Waals surface area contributed by atoms with E-state index in [4.69, 9.17) is 11.6 Å². The molecule has 1 saturated carbocycles. The van der Waals surface area contributed by atoms with Gasteiger partial charge < -0.3 is 10.6 Å². The minimum absolute atomic E-state index is 0.131. The highest BCUT2D eigenvalue weighted by Gasteiger charge is 2.51. The molecule has 27 heavy (non-hydrogen) atoms. The van der Waals surface area contributed by atoms with Crippen molar-refractivity contribution in [2.24, 2.45) is 17.3 Å². The SMILES string of the molecule is CC1(C)[C@H]2CC=C(CN3CCC(NC(=O)Nc4ccc(Cl)cc4)CC3)[C@H]1C2. The lowest BCUT2D eigenvalue weighted by atomic mass is 9.49. The molecule has 1 aromatic carbocycles. The van der Waals surface area contributed by atoms with Crippen LogP contribution in [0, 0.1) is 17.3 Å². The van der Waals surface area contributed by atoms with Gasteiger partial charge in [-0.3, -0.25) is 4.90 Å². The van der Waals surface area contributed by atoms with Crippen LogP contribution in [0.4, 0.5) is 10.5 Å². The van der Waals surface area contributed by atoms with Crippen LogP contribution in [-0.2, 0) is 0 Å². The van der Waals surface area contributed by atoms with Gasteiger partial charge in [-0.2, -0.15) is 0 Å². The van der Waals surface area contributed by atoms with Crippen molar-refractivity contribution in [3.63, 3.8) is 0 Å². The number of halogens is 1. The summed E-state index contributed by atoms with van der Waals surface area (Å²) in [4.78, 5) is 14.8. The molecule has 1 aromatic rings. The average Bonchev–Trinajstić information content (AvgIpc) is 2.65. The molecular formula is C22H30ClN3O. The molecule has 5 rings (SSSR count). The number of hydrogen-bond acceptors (Lipinski definition) is 2. The van der Waals surface area contributed by atoms with Crippen LogP contribution >= 0.6 is 11.6 Å². The Labute approximate surface area is 167 Å². The lowest BCUT2D eigenvalue weighted by molar-refractivity contribution is -0.0113. The van der Waals surface area contributed by atoms with Gasteiger partial charge in [-0.25, -0.2) is 4.79 Å². The first kappa shape index (κ1) is 18.8. The summed E-state index contributed by atoms with van der Waals surface area (Å²) in [6.07, 6.45) is 7.19. The van der Waals surface area contributed by atoms with Gasteiger partial charge in [0.15, 0.2) is 0 Å². The average molecular weight is 388 g/mol. The Morgan fingerprint density at radius 1 is 1.22 bits per heavy atom. The molecule has 0 unspecified atom stereocenters. The number of benzene rings is 1. The number of amides is 2. The van der Waals surface area contributed by atoms with E-state index < -0.39 is 0 Å². The second-order valence-corrected chi connectivity index (χ2v) is 9.41. The fourth-order valence-electron chi connectivity index (χ4n) is 5.04. The predicted molar refractivity (Wildman–Crippen MR) is 111 cm³/mol. The smallest absolute Gasteiger partial charge is 0.319 e. The van der Waals surface area contributed by atoms with Crippen molar-refractivity contribution in [1.82, 2.24) is 10.2 Å². The highest BCUT2D eigenvalue weighted by Crippen LogP contribution is 2.59. The van der Waals surface area contributed by atoms with Crippen molar-refractivity contribution in [3.8, 4) is 0 Å². The van der Waals surface area contributed by atoms with Gasteiger partial charge in [0.25, 0.3) is 0 Å². The summed E-state index contributed by atoms with van der Waals surface area (Å²) in [5.74, 6) is 1.69. The summed E-state index contributed by atoms with van der Waals surface area (Å²) in [6, 6.07) is 7.30. The van der Waals surface area contributed by atoms with Crippen LogP contribution in [0.1, 0.15) is 39.5 Å². The van der Waals surface area contributed by atoms with Crippen molar-refractivity contribution in [2.45, 2.75) is 45.6 Å². The van der Waals surface area contributed by atoms with Crippen LogP contribution in [0.25, 0.3) is 0 Å². The van der Waals surface area contributed by atoms with E-state index in [1.165, 1.54) is 12.8 Å². The second-order valence-electron chi connectivity index (χ2n) is 8.98. The maximum absolute atomic E-state index is 12.2. The van der Waals surface area contributed by atoms with Crippen molar-refractivity contribution >= 4 is 23.3 Å². The number of carbonyl (C=O) groups excluding carboxylic acids is 1. The van der Waals surface area contributed by atoms with E-state index in [1.54, 1.807) is 17.7 Å². The molecule has 2 fully saturated rings. The Bertz CT molecular complexity index is 720. The third-order valence-corrected chi connectivity index (χ3v) is 7.27. The molecule has 3 aliphatic carbocycles. The van der Waals surface area contributed by atoms with Crippen molar-refractivity contribution in [1.29, 1.82) is 0 Å². The van der Waals surface area contributed by atoms with Crippen LogP contribution in [0.3, 0.4) is 0 Å². The van der Waals surface area contributed by atoms with Gasteiger partial charge in [-0.15, -0.1) is 0 Å². The molecule has 2 atom stereocenters. The van der Waals surface area contributed by atoms with Gasteiger partial charge in [-0.05, 0) is 67.2 Å². The minimum Gasteiger partial charge on any atom is -0.335 e. The van der Waals surface area contributed by atoms with Crippen LogP contribution in [0.15, 0.2) is 35.9 Å². The van der Waals surface area contributed by atoms with E-state index in [2.05, 4.69) is 35.5 Å². The van der Waals surface area contributed by atoms with E-state index >= 15 is 0 Å². The Hall–Kier alpha value is -1.52. The largest absolute Gasteiger partial charge is 0.335 e. The molecular weight excluding hydrogens is 358 g/mol. The van der Waals surface area contributed by atoms with Gasteiger partial charge in [0, 0.05) is 36.4 Å². The summed E-state index contributed by atoms with van der Waals surface area (Å²) in [5.41, 5.74) is 2.93. The number of carbonyl (C=O) groups is 1. The highest BCUT2D eigenvalue weighted by molar-refractivity contribution is 6.30. The zero-order chi connectivity index (χ0) is 19.0. The van der Waals surface area contributed by atoms with Crippen molar-refractivity contribution < 1.29 is 4.79 Å². The van der Waals surface area contributed by atoms with E-state index in [0.717, 1.165) is 50.0 Å². The summed E-state index contributed by atoms with van der Waals surface area (Å²) in [5, 5.41) is 6.66. The molecule has 0 aromatic heterocycles. The van der Waals surface area contributed by atoms with Crippen LogP contribution < -0.4 is 10.6 Å². The molecule has 1 heterocycles. The van der Waals surface area contributed by atoms with Gasteiger partial charge in [0.1, 0.15) is 0 Å². The summed E-state index contributed by atoms with van der Waals surface area (Å²) < 4.78 is 0. The predicted octanol–water partition coefficient (Wildman–Crippen LogP) is 4.92. The lowest BCUT2D eigenvalue weighted by Crippen LogP contribution is -2.51. The maximum atomic E-state index is 12.2. The van der Waals surface area contributed by atoms with Crippen molar-refractivity contribution in [2.75, 3.05) is 25.0 Å². The van der Waals surface area contributed by atoms with Gasteiger partial charge >= 0.3 is 6.03 Å². The Balaban J connectivity index is 1.22. The molecule has 1 aliphatic heterocycles. The number of piperidine rings is 1. The van der Waals surface area contributed by atoms with E-state index in [0.29, 0.717) is 10.4 Å². The van der Waals surface area contributed by atoms with Gasteiger partial charge in [-0.1, -0.05) is 37.1 Å². The molecule has 2 N–H and O–H groups in total. The first-order valence-corrected chi connectivity index (χ1v) is 10.5. The number of nitrogens with one attached hydrogen (secondary N) is 2. The third kappa shape index (κ3) is 4.02. The van der Waals surface area contributed by atoms with Gasteiger partial charge in [0.05, 0.1) is 0 Å². The standard InChI is InChI=1S/C22H30ClN3O/c1-22(2)16-4-3-15(20(22)13-16)14-26-11-9-19(10-12-26)25-21(27)24-18-7-5-17(23)6-8-18/h3,5-8,16,19-20H,4,9-14H2,1-2H3,(H2,24,25,27)/t16-,20+/m0/s1. The zero-order valence-electron chi connectivity index (χ0n) is 16.3. The van der Waals surface area contributed by atoms with Crippen LogP contribution in [0.5, 0.6) is 0 Å². The normalized spacial score (nSPS) is 27.4. The molecule has 2 amide bonds. The third-order valence-electron chi connectivity index (χ3n) is 7.01. The van der Waals surface area contributed by atoms with Crippen LogP contribution in [-0.4, -0.2) is 36.6 Å². The number of rotatable bonds is 4. The summed E-state index contributed by atoms with van der Waals surface area (Å²) in [7, 11) is 0. The monoisotopic (exact) mass is 387 g/mol. The van der Waals surface area contributed by atoms with E-state index in [1.807, 2.05) is 12.1 Å². The summed E-state index contributed by atoms with van der Waals surface area (Å²) >= 11 is 5.88. The van der Waals surface area contributed by atoms with Crippen LogP contribution in [0.2, 0.25) is 5.02 Å². The fourth-order valence-corrected chi connectivity index (χ4v) is 5.16. The lowest BCUT2D eigenvalue weighted by Gasteiger charge is -2.57. The molecule has 5 heteroatoms. The first-order valence-electron chi connectivity index (χ1n) is 10.2. The first-order chi connectivity index (χ1) is 12.9. The van der Waals surface area contributed by atoms with Crippen molar-refractivity contribution in [3.05, 3.63) is 40.9 Å². The molecule has 2 bridgehead atoms. The fraction of sp³-hybridized carbons (Fsp3) is 0.591. The summed E-state index contributed by atoms with van der Waals surface area (Å²) in [6.45, 7) is 8.10. The maximum Gasteiger partial charge on any atom is 0.319 e. The van der Waals surface area contributed by atoms with E-state index in [-0.39, 0.29) is 12.1 Å². The Morgan fingerprint density at radius 3 is 2.56 bits per heavy atom. The number of likely N-dealkylation sites (tertiary alicyclic amines) is 1. The molecule has 4 aliphatic rings. The van der Waals surface area contributed by atoms with Gasteiger partial charge in [0.2, 0.25) is 0 Å². The molecule has 1 saturated heterocycles. The number of nitrogens with zero attached hydrogens (tertiary/aromatic N) is 1. The second kappa shape index (κ2) is 7.48. The zero-order valence-corrected chi connectivity index (χ0v) is 17.1. The highest BCUT2D eigenvalue weighted by atomic mass is 35.5. The molecule has 0 radical (unpaired) electrons. The molecule has 146 valence electrons. The number of fused-ring (bicyclic) bond motifs is 1. The number of anilines is 1. The van der Waals surface area contributed by atoms with E-state index in [9.17, 15) is 4.79 Å². The Morgan fingerprint density at radius 2 is 1.93 bits per heavy atom. The quantitative estimate of drug-likeness (QED) is 0.720. The topological polar surface area (TPSA) is 44.4 Å². The minimum atomic E-state index is -0.131. The molecule has 4 nitrogen and oxygen atoms in total.